The van der Waals surface area contributed by atoms with Gasteiger partial charge in [0.1, 0.15) is 12.6 Å². The molecule has 2 atom stereocenters. The molecule has 0 unspecified atom stereocenters. The van der Waals surface area contributed by atoms with Crippen LogP contribution in [-0.4, -0.2) is 40.8 Å². The van der Waals surface area contributed by atoms with E-state index >= 15 is 0 Å². The number of fused-ring (bicyclic) bond motifs is 3. The Morgan fingerprint density at radius 1 is 1.11 bits per heavy atom. The van der Waals surface area contributed by atoms with Crippen LogP contribution in [0, 0.1) is 0 Å². The van der Waals surface area contributed by atoms with E-state index in [4.69, 9.17) is 4.74 Å². The van der Waals surface area contributed by atoms with Gasteiger partial charge >= 0.3 is 12.1 Å². The van der Waals surface area contributed by atoms with Crippen molar-refractivity contribution in [1.82, 2.24) is 4.90 Å². The summed E-state index contributed by atoms with van der Waals surface area (Å²) in [7, 11) is 0. The van der Waals surface area contributed by atoms with Crippen LogP contribution in [0.25, 0.3) is 11.1 Å². The van der Waals surface area contributed by atoms with Gasteiger partial charge in [0.2, 0.25) is 0 Å². The fourth-order valence-electron chi connectivity index (χ4n) is 4.22. The van der Waals surface area contributed by atoms with Crippen LogP contribution in [0.15, 0.2) is 60.7 Å². The van der Waals surface area contributed by atoms with E-state index in [-0.39, 0.29) is 18.6 Å². The maximum atomic E-state index is 12.9. The first-order valence-electron chi connectivity index (χ1n) is 9.60. The molecular formula is C23H23NO4. The highest BCUT2D eigenvalue weighted by Crippen LogP contribution is 2.44. The Balaban J connectivity index is 1.55. The smallest absolute Gasteiger partial charge is 0.411 e. The van der Waals surface area contributed by atoms with Gasteiger partial charge in [-0.25, -0.2) is 9.59 Å². The van der Waals surface area contributed by atoms with Crippen LogP contribution >= 0.6 is 0 Å². The molecule has 0 saturated carbocycles. The Morgan fingerprint density at radius 2 is 1.71 bits per heavy atom. The van der Waals surface area contributed by atoms with Crippen LogP contribution in [0.2, 0.25) is 0 Å². The number of carboxylic acid groups (broad SMARTS) is 1. The van der Waals surface area contributed by atoms with Crippen molar-refractivity contribution in [2.24, 2.45) is 0 Å². The van der Waals surface area contributed by atoms with Gasteiger partial charge in [-0.15, -0.1) is 0 Å². The number of carbonyl (C=O) groups is 2. The van der Waals surface area contributed by atoms with Crippen LogP contribution < -0.4 is 0 Å². The maximum absolute atomic E-state index is 12.9. The molecule has 0 aliphatic heterocycles. The lowest BCUT2D eigenvalue weighted by molar-refractivity contribution is -0.142. The number of carboxylic acids is 1. The zero-order valence-corrected chi connectivity index (χ0v) is 15.7. The molecule has 0 heterocycles. The Morgan fingerprint density at radius 3 is 2.25 bits per heavy atom. The summed E-state index contributed by atoms with van der Waals surface area (Å²) in [4.78, 5) is 25.7. The average Bonchev–Trinajstić information content (AvgIpc) is 3.33. The molecule has 2 aliphatic rings. The molecule has 2 aliphatic carbocycles. The molecule has 0 spiro atoms. The number of hydrogen-bond donors (Lipinski definition) is 1. The molecular weight excluding hydrogens is 354 g/mol. The average molecular weight is 377 g/mol. The molecule has 5 nitrogen and oxygen atoms in total. The van der Waals surface area contributed by atoms with E-state index in [0.29, 0.717) is 0 Å². The fourth-order valence-corrected chi connectivity index (χ4v) is 4.22. The van der Waals surface area contributed by atoms with Crippen molar-refractivity contribution in [3.8, 4) is 11.1 Å². The summed E-state index contributed by atoms with van der Waals surface area (Å²) in [6.45, 7) is 1.71. The Hall–Kier alpha value is -3.08. The third kappa shape index (κ3) is 3.17. The van der Waals surface area contributed by atoms with E-state index in [1.807, 2.05) is 36.4 Å². The highest BCUT2D eigenvalue weighted by Gasteiger charge is 2.35. The van der Waals surface area contributed by atoms with E-state index in [9.17, 15) is 14.7 Å². The molecule has 4 rings (SSSR count). The predicted molar refractivity (Wildman–Crippen MR) is 106 cm³/mol. The van der Waals surface area contributed by atoms with Crippen molar-refractivity contribution >= 4 is 12.1 Å². The van der Waals surface area contributed by atoms with Crippen molar-refractivity contribution in [2.45, 2.75) is 37.8 Å². The molecule has 0 radical (unpaired) electrons. The number of nitrogens with zero attached hydrogens (tertiary/aromatic N) is 1. The number of carbonyl (C=O) groups excluding carboxylic acids is 1. The molecule has 1 N–H and O–H groups in total. The topological polar surface area (TPSA) is 66.8 Å². The van der Waals surface area contributed by atoms with E-state index in [1.54, 1.807) is 0 Å². The fraction of sp³-hybridized carbons (Fsp3) is 0.304. The third-order valence-electron chi connectivity index (χ3n) is 5.67. The minimum atomic E-state index is -1.03. The number of ether oxygens (including phenoxy) is 1. The summed E-state index contributed by atoms with van der Waals surface area (Å²) in [5, 5.41) is 9.43. The van der Waals surface area contributed by atoms with Gasteiger partial charge in [0.15, 0.2) is 0 Å². The van der Waals surface area contributed by atoms with Crippen molar-refractivity contribution in [2.75, 3.05) is 6.61 Å². The van der Waals surface area contributed by atoms with E-state index < -0.39 is 18.1 Å². The van der Waals surface area contributed by atoms with Gasteiger partial charge in [0.25, 0.3) is 0 Å². The molecule has 2 aromatic carbocycles. The minimum Gasteiger partial charge on any atom is -0.480 e. The van der Waals surface area contributed by atoms with Crippen molar-refractivity contribution in [3.05, 3.63) is 71.8 Å². The molecule has 5 heteroatoms. The largest absolute Gasteiger partial charge is 0.480 e. The van der Waals surface area contributed by atoms with Crippen LogP contribution in [0.4, 0.5) is 4.79 Å². The lowest BCUT2D eigenvalue weighted by atomic mass is 9.98. The normalized spacial score (nSPS) is 18.4. The van der Waals surface area contributed by atoms with Gasteiger partial charge in [-0.1, -0.05) is 60.7 Å². The maximum Gasteiger partial charge on any atom is 0.411 e. The monoisotopic (exact) mass is 377 g/mol. The van der Waals surface area contributed by atoms with Crippen LogP contribution in [0.1, 0.15) is 36.8 Å². The van der Waals surface area contributed by atoms with Crippen molar-refractivity contribution in [3.63, 3.8) is 0 Å². The molecule has 2 aromatic rings. The van der Waals surface area contributed by atoms with Gasteiger partial charge in [0.05, 0.1) is 6.04 Å². The molecule has 0 saturated heterocycles. The second-order valence-corrected chi connectivity index (χ2v) is 7.30. The Bertz CT molecular complexity index is 888. The van der Waals surface area contributed by atoms with Crippen molar-refractivity contribution < 1.29 is 19.4 Å². The molecule has 1 amide bonds. The van der Waals surface area contributed by atoms with Gasteiger partial charge in [-0.2, -0.15) is 0 Å². The number of amides is 1. The molecule has 0 aromatic heterocycles. The van der Waals surface area contributed by atoms with Crippen molar-refractivity contribution in [1.29, 1.82) is 0 Å². The lowest BCUT2D eigenvalue weighted by Gasteiger charge is -2.31. The number of aliphatic carboxylic acids is 1. The summed E-state index contributed by atoms with van der Waals surface area (Å²) in [6, 6.07) is 15.1. The van der Waals surface area contributed by atoms with E-state index in [1.165, 1.54) is 11.8 Å². The Labute approximate surface area is 164 Å². The summed E-state index contributed by atoms with van der Waals surface area (Å²) in [5.74, 6) is -1.08. The highest BCUT2D eigenvalue weighted by molar-refractivity contribution is 5.81. The zero-order chi connectivity index (χ0) is 19.7. The number of hydrogen-bond acceptors (Lipinski definition) is 3. The van der Waals surface area contributed by atoms with Gasteiger partial charge in [0, 0.05) is 5.92 Å². The first kappa shape index (κ1) is 18.3. The summed E-state index contributed by atoms with van der Waals surface area (Å²) >= 11 is 0. The first-order chi connectivity index (χ1) is 13.6. The molecule has 28 heavy (non-hydrogen) atoms. The highest BCUT2D eigenvalue weighted by atomic mass is 16.6. The third-order valence-corrected chi connectivity index (χ3v) is 5.67. The minimum absolute atomic E-state index is 0.0440. The van der Waals surface area contributed by atoms with Crippen LogP contribution in [-0.2, 0) is 9.53 Å². The zero-order valence-electron chi connectivity index (χ0n) is 15.7. The molecule has 0 fully saturated rings. The Kier molecular flexibility index (Phi) is 4.90. The number of rotatable bonds is 5. The van der Waals surface area contributed by atoms with E-state index in [0.717, 1.165) is 35.1 Å². The second-order valence-electron chi connectivity index (χ2n) is 7.30. The summed E-state index contributed by atoms with van der Waals surface area (Å²) in [6.07, 6.45) is 4.85. The number of allylic oxidation sites excluding steroid dienone is 1. The van der Waals surface area contributed by atoms with Gasteiger partial charge in [-0.05, 0) is 42.0 Å². The summed E-state index contributed by atoms with van der Waals surface area (Å²) < 4.78 is 5.68. The van der Waals surface area contributed by atoms with E-state index in [2.05, 4.69) is 24.3 Å². The van der Waals surface area contributed by atoms with Gasteiger partial charge in [-0.3, -0.25) is 4.90 Å². The second kappa shape index (κ2) is 7.50. The first-order valence-corrected chi connectivity index (χ1v) is 9.60. The molecule has 144 valence electrons. The standard InChI is InChI=1S/C23H23NO4/c1-15(22(25)26)24(16-8-2-3-9-16)23(27)28-14-21-19-12-6-4-10-17(19)18-11-5-7-13-20(18)21/h2,4-8,10-13,15-16,21H,3,9,14H2,1H3,(H,25,26)/t15-,16+/m0/s1. The van der Waals surface area contributed by atoms with Crippen LogP contribution in [0.3, 0.4) is 0 Å². The lowest BCUT2D eigenvalue weighted by Crippen LogP contribution is -2.48. The quantitative estimate of drug-likeness (QED) is 0.783. The number of benzene rings is 2. The SMILES string of the molecule is C[C@@H](C(=O)O)N(C(=O)OCC1c2ccccc2-c2ccccc21)[C@@H]1C=CCC1. The van der Waals surface area contributed by atoms with Gasteiger partial charge < -0.3 is 9.84 Å². The summed E-state index contributed by atoms with van der Waals surface area (Å²) in [5.41, 5.74) is 4.59. The molecule has 0 bridgehead atoms. The predicted octanol–water partition coefficient (Wildman–Crippen LogP) is 4.43. The van der Waals surface area contributed by atoms with Crippen LogP contribution in [0.5, 0.6) is 0 Å².